The number of carbonyl (C=O) groups is 1. The summed E-state index contributed by atoms with van der Waals surface area (Å²) >= 11 is 0. The molecule has 0 aromatic carbocycles. The SMILES string of the molecule is CC1(N)CCCCC1C(=O)NC1CCN(CC2CCOC2)CC1.Cl.Cl. The summed E-state index contributed by atoms with van der Waals surface area (Å²) in [6.07, 6.45) is 7.52. The summed E-state index contributed by atoms with van der Waals surface area (Å²) in [6, 6.07) is 0.330. The van der Waals surface area contributed by atoms with Crippen molar-refractivity contribution in [2.75, 3.05) is 32.8 Å². The smallest absolute Gasteiger partial charge is 0.225 e. The summed E-state index contributed by atoms with van der Waals surface area (Å²) in [5.74, 6) is 0.892. The number of likely N-dealkylation sites (tertiary alicyclic amines) is 1. The zero-order valence-electron chi connectivity index (χ0n) is 15.4. The number of halogens is 2. The Bertz CT molecular complexity index is 409. The van der Waals surface area contributed by atoms with Gasteiger partial charge in [0.2, 0.25) is 5.91 Å². The van der Waals surface area contributed by atoms with E-state index in [1.807, 2.05) is 6.92 Å². The molecule has 0 aromatic rings. The number of ether oxygens (including phenoxy) is 1. The molecule has 3 aliphatic rings. The summed E-state index contributed by atoms with van der Waals surface area (Å²) in [5.41, 5.74) is 6.03. The Kier molecular flexibility index (Phi) is 9.47. The van der Waals surface area contributed by atoms with E-state index < -0.39 is 0 Å². The van der Waals surface area contributed by atoms with Crippen LogP contribution in [0, 0.1) is 11.8 Å². The van der Waals surface area contributed by atoms with E-state index in [-0.39, 0.29) is 42.2 Å². The molecule has 3 atom stereocenters. The molecule has 0 aromatic heterocycles. The highest BCUT2D eigenvalue weighted by atomic mass is 35.5. The van der Waals surface area contributed by atoms with Gasteiger partial charge in [-0.2, -0.15) is 0 Å². The molecule has 2 saturated heterocycles. The fraction of sp³-hybridized carbons (Fsp3) is 0.944. The van der Waals surface area contributed by atoms with E-state index in [1.54, 1.807) is 0 Å². The largest absolute Gasteiger partial charge is 0.381 e. The van der Waals surface area contributed by atoms with Crippen LogP contribution in [0.25, 0.3) is 0 Å². The van der Waals surface area contributed by atoms with Crippen LogP contribution in [-0.4, -0.2) is 55.2 Å². The van der Waals surface area contributed by atoms with Crippen LogP contribution in [0.3, 0.4) is 0 Å². The van der Waals surface area contributed by atoms with Crippen LogP contribution in [0.4, 0.5) is 0 Å². The predicted molar refractivity (Wildman–Crippen MR) is 106 cm³/mol. The third-order valence-corrected chi connectivity index (χ3v) is 6.05. The molecule has 0 bridgehead atoms. The summed E-state index contributed by atoms with van der Waals surface area (Å²) in [5, 5.41) is 3.29. The van der Waals surface area contributed by atoms with Crippen molar-refractivity contribution in [2.45, 2.75) is 63.5 Å². The van der Waals surface area contributed by atoms with Crippen molar-refractivity contribution in [1.82, 2.24) is 10.2 Å². The van der Waals surface area contributed by atoms with E-state index in [9.17, 15) is 4.79 Å². The molecule has 1 aliphatic carbocycles. The van der Waals surface area contributed by atoms with Gasteiger partial charge in [-0.05, 0) is 44.9 Å². The number of nitrogens with two attached hydrogens (primary N) is 1. The summed E-state index contributed by atoms with van der Waals surface area (Å²) in [4.78, 5) is 15.2. The van der Waals surface area contributed by atoms with E-state index in [2.05, 4.69) is 10.2 Å². The van der Waals surface area contributed by atoms with E-state index in [1.165, 1.54) is 6.42 Å². The van der Waals surface area contributed by atoms with Gasteiger partial charge in [-0.1, -0.05) is 12.8 Å². The highest BCUT2D eigenvalue weighted by Crippen LogP contribution is 2.32. The summed E-state index contributed by atoms with van der Waals surface area (Å²) < 4.78 is 5.46. The molecule has 1 amide bonds. The second-order valence-electron chi connectivity index (χ2n) is 8.12. The number of hydrogen-bond acceptors (Lipinski definition) is 4. The molecule has 5 nitrogen and oxygen atoms in total. The third-order valence-electron chi connectivity index (χ3n) is 6.05. The molecule has 2 aliphatic heterocycles. The Balaban J connectivity index is 0.00000156. The summed E-state index contributed by atoms with van der Waals surface area (Å²) in [6.45, 7) is 7.23. The van der Waals surface area contributed by atoms with Crippen molar-refractivity contribution in [3.63, 3.8) is 0 Å². The lowest BCUT2D eigenvalue weighted by Crippen LogP contribution is -2.55. The van der Waals surface area contributed by atoms with E-state index in [4.69, 9.17) is 10.5 Å². The van der Waals surface area contributed by atoms with Crippen LogP contribution >= 0.6 is 24.8 Å². The maximum Gasteiger partial charge on any atom is 0.225 e. The fourth-order valence-electron chi connectivity index (χ4n) is 4.44. The molecule has 25 heavy (non-hydrogen) atoms. The van der Waals surface area contributed by atoms with E-state index >= 15 is 0 Å². The Morgan fingerprint density at radius 3 is 2.52 bits per heavy atom. The lowest BCUT2D eigenvalue weighted by molar-refractivity contribution is -0.129. The third kappa shape index (κ3) is 6.24. The van der Waals surface area contributed by atoms with Gasteiger partial charge >= 0.3 is 0 Å². The molecule has 1 saturated carbocycles. The zero-order valence-corrected chi connectivity index (χ0v) is 17.0. The predicted octanol–water partition coefficient (Wildman–Crippen LogP) is 2.35. The van der Waals surface area contributed by atoms with Gasteiger partial charge in [0.25, 0.3) is 0 Å². The minimum atomic E-state index is -0.328. The van der Waals surface area contributed by atoms with Gasteiger partial charge in [0.1, 0.15) is 0 Å². The number of nitrogens with zero attached hydrogens (tertiary/aromatic N) is 1. The maximum absolute atomic E-state index is 12.6. The van der Waals surface area contributed by atoms with Crippen LogP contribution in [0.15, 0.2) is 0 Å². The molecule has 148 valence electrons. The van der Waals surface area contributed by atoms with Gasteiger partial charge < -0.3 is 20.7 Å². The molecule has 0 radical (unpaired) electrons. The number of piperidine rings is 1. The van der Waals surface area contributed by atoms with Crippen molar-refractivity contribution >= 4 is 30.7 Å². The Labute approximate surface area is 164 Å². The monoisotopic (exact) mass is 395 g/mol. The zero-order chi connectivity index (χ0) is 16.3. The van der Waals surface area contributed by atoms with Gasteiger partial charge in [-0.15, -0.1) is 24.8 Å². The molecule has 7 heteroatoms. The number of nitrogens with one attached hydrogen (secondary N) is 1. The molecular weight excluding hydrogens is 361 g/mol. The van der Waals surface area contributed by atoms with Crippen molar-refractivity contribution in [3.05, 3.63) is 0 Å². The lowest BCUT2D eigenvalue weighted by atomic mass is 9.74. The number of rotatable bonds is 4. The first-order valence-electron chi connectivity index (χ1n) is 9.44. The van der Waals surface area contributed by atoms with Gasteiger partial charge in [-0.3, -0.25) is 4.79 Å². The highest BCUT2D eigenvalue weighted by Gasteiger charge is 2.38. The molecule has 3 fully saturated rings. The van der Waals surface area contributed by atoms with Crippen LogP contribution in [0.1, 0.15) is 51.9 Å². The Morgan fingerprint density at radius 2 is 1.92 bits per heavy atom. The first-order chi connectivity index (χ1) is 11.0. The average Bonchev–Trinajstić information content (AvgIpc) is 3.01. The fourth-order valence-corrected chi connectivity index (χ4v) is 4.44. The van der Waals surface area contributed by atoms with E-state index in [0.717, 1.165) is 71.4 Å². The number of amides is 1. The molecule has 3 N–H and O–H groups in total. The van der Waals surface area contributed by atoms with Gasteiger partial charge in [0.15, 0.2) is 0 Å². The Hall–Kier alpha value is -0.0700. The van der Waals surface area contributed by atoms with Crippen LogP contribution < -0.4 is 11.1 Å². The quantitative estimate of drug-likeness (QED) is 0.766. The Morgan fingerprint density at radius 1 is 1.20 bits per heavy atom. The second kappa shape index (κ2) is 10.3. The molecule has 2 heterocycles. The average molecular weight is 396 g/mol. The topological polar surface area (TPSA) is 67.6 Å². The van der Waals surface area contributed by atoms with Crippen molar-refractivity contribution in [1.29, 1.82) is 0 Å². The van der Waals surface area contributed by atoms with Crippen molar-refractivity contribution < 1.29 is 9.53 Å². The normalized spacial score (nSPS) is 34.0. The van der Waals surface area contributed by atoms with Crippen molar-refractivity contribution in [2.24, 2.45) is 17.6 Å². The second-order valence-corrected chi connectivity index (χ2v) is 8.12. The van der Waals surface area contributed by atoms with Gasteiger partial charge in [0, 0.05) is 37.8 Å². The minimum absolute atomic E-state index is 0. The van der Waals surface area contributed by atoms with Crippen molar-refractivity contribution in [3.8, 4) is 0 Å². The first kappa shape index (κ1) is 23.0. The molecular formula is C18H35Cl2N3O2. The van der Waals surface area contributed by atoms with Crippen LogP contribution in [-0.2, 0) is 9.53 Å². The molecule has 3 unspecified atom stereocenters. The van der Waals surface area contributed by atoms with Gasteiger partial charge in [0.05, 0.1) is 12.5 Å². The standard InChI is InChI=1S/C18H33N3O2.2ClH/c1-18(19)8-3-2-4-16(18)17(22)20-15-5-9-21(10-6-15)12-14-7-11-23-13-14;;/h14-16H,2-13,19H2,1H3,(H,20,22);2*1H. The number of carbonyl (C=O) groups excluding carboxylic acids is 1. The van der Waals surface area contributed by atoms with Crippen LogP contribution in [0.5, 0.6) is 0 Å². The minimum Gasteiger partial charge on any atom is -0.381 e. The lowest BCUT2D eigenvalue weighted by Gasteiger charge is -2.39. The first-order valence-corrected chi connectivity index (χ1v) is 9.44. The highest BCUT2D eigenvalue weighted by molar-refractivity contribution is 5.85. The van der Waals surface area contributed by atoms with Crippen LogP contribution in [0.2, 0.25) is 0 Å². The molecule has 3 rings (SSSR count). The van der Waals surface area contributed by atoms with Gasteiger partial charge in [-0.25, -0.2) is 0 Å². The molecule has 0 spiro atoms. The number of hydrogen-bond donors (Lipinski definition) is 2. The maximum atomic E-state index is 12.6. The van der Waals surface area contributed by atoms with E-state index in [0.29, 0.717) is 12.0 Å². The summed E-state index contributed by atoms with van der Waals surface area (Å²) in [7, 11) is 0.